The van der Waals surface area contributed by atoms with Gasteiger partial charge in [0.25, 0.3) is 5.91 Å². The maximum absolute atomic E-state index is 13.0. The fourth-order valence-electron chi connectivity index (χ4n) is 4.55. The average Bonchev–Trinajstić information content (AvgIpc) is 3.21. The van der Waals surface area contributed by atoms with E-state index >= 15 is 0 Å². The van der Waals surface area contributed by atoms with Crippen LogP contribution >= 0.6 is 0 Å². The SMILES string of the molecule is CCn1cc(-c2cccc(C(=O)N3CC4(C3)CN(c3ccc(OC)cc3)C4)c2)cn1. The van der Waals surface area contributed by atoms with Gasteiger partial charge in [-0.3, -0.25) is 9.48 Å². The molecule has 0 atom stereocenters. The van der Waals surface area contributed by atoms with Crippen molar-refractivity contribution in [3.63, 3.8) is 0 Å². The summed E-state index contributed by atoms with van der Waals surface area (Å²) in [6.45, 7) is 6.56. The van der Waals surface area contributed by atoms with Gasteiger partial charge in [0.05, 0.1) is 13.3 Å². The highest BCUT2D eigenvalue weighted by atomic mass is 16.5. The van der Waals surface area contributed by atoms with Crippen LogP contribution in [-0.4, -0.2) is 53.9 Å². The van der Waals surface area contributed by atoms with Crippen LogP contribution in [0.3, 0.4) is 0 Å². The second-order valence-corrected chi connectivity index (χ2v) is 8.38. The minimum atomic E-state index is 0.119. The number of nitrogens with zero attached hydrogens (tertiary/aromatic N) is 4. The van der Waals surface area contributed by atoms with E-state index in [9.17, 15) is 4.79 Å². The summed E-state index contributed by atoms with van der Waals surface area (Å²) >= 11 is 0. The third-order valence-electron chi connectivity index (χ3n) is 6.23. The molecule has 2 fully saturated rings. The number of carbonyl (C=O) groups is 1. The van der Waals surface area contributed by atoms with Gasteiger partial charge in [-0.25, -0.2) is 0 Å². The lowest BCUT2D eigenvalue weighted by Crippen LogP contribution is -2.73. The molecule has 1 spiro atoms. The smallest absolute Gasteiger partial charge is 0.253 e. The zero-order chi connectivity index (χ0) is 20.7. The zero-order valence-corrected chi connectivity index (χ0v) is 17.4. The number of anilines is 1. The van der Waals surface area contributed by atoms with Gasteiger partial charge in [0.15, 0.2) is 0 Å². The first kappa shape index (κ1) is 18.7. The van der Waals surface area contributed by atoms with Crippen LogP contribution < -0.4 is 9.64 Å². The third kappa shape index (κ3) is 3.22. The Morgan fingerprint density at radius 1 is 1.07 bits per heavy atom. The maximum Gasteiger partial charge on any atom is 0.253 e. The molecule has 0 aliphatic carbocycles. The van der Waals surface area contributed by atoms with Crippen LogP contribution in [0.25, 0.3) is 11.1 Å². The first-order chi connectivity index (χ1) is 14.6. The van der Waals surface area contributed by atoms with Crippen LogP contribution in [0.5, 0.6) is 5.75 Å². The zero-order valence-electron chi connectivity index (χ0n) is 17.4. The normalized spacial score (nSPS) is 16.9. The number of carbonyl (C=O) groups excluding carboxylic acids is 1. The highest BCUT2D eigenvalue weighted by Crippen LogP contribution is 2.42. The second-order valence-electron chi connectivity index (χ2n) is 8.38. The summed E-state index contributed by atoms with van der Waals surface area (Å²) < 4.78 is 7.13. The van der Waals surface area contributed by atoms with Gasteiger partial charge in [-0.1, -0.05) is 12.1 Å². The van der Waals surface area contributed by atoms with Crippen molar-refractivity contribution in [2.45, 2.75) is 13.5 Å². The molecule has 3 aromatic rings. The monoisotopic (exact) mass is 402 g/mol. The van der Waals surface area contributed by atoms with E-state index in [0.717, 1.165) is 55.2 Å². The summed E-state index contributed by atoms with van der Waals surface area (Å²) in [7, 11) is 1.68. The van der Waals surface area contributed by atoms with Crippen molar-refractivity contribution in [3.05, 3.63) is 66.5 Å². The first-order valence-corrected chi connectivity index (χ1v) is 10.4. The average molecular weight is 402 g/mol. The van der Waals surface area contributed by atoms with E-state index in [2.05, 4.69) is 29.1 Å². The molecule has 0 bridgehead atoms. The van der Waals surface area contributed by atoms with E-state index in [1.807, 2.05) is 58.4 Å². The number of hydrogen-bond donors (Lipinski definition) is 0. The van der Waals surface area contributed by atoms with E-state index in [-0.39, 0.29) is 11.3 Å². The van der Waals surface area contributed by atoms with Crippen LogP contribution in [-0.2, 0) is 6.54 Å². The number of likely N-dealkylation sites (tertiary alicyclic amines) is 1. The van der Waals surface area contributed by atoms with Crippen molar-refractivity contribution in [1.29, 1.82) is 0 Å². The molecule has 1 amide bonds. The van der Waals surface area contributed by atoms with Crippen molar-refractivity contribution in [2.75, 3.05) is 38.2 Å². The van der Waals surface area contributed by atoms with Gasteiger partial charge < -0.3 is 14.5 Å². The quantitative estimate of drug-likeness (QED) is 0.655. The predicted molar refractivity (Wildman–Crippen MR) is 117 cm³/mol. The van der Waals surface area contributed by atoms with Crippen LogP contribution in [0.2, 0.25) is 0 Å². The maximum atomic E-state index is 13.0. The van der Waals surface area contributed by atoms with Crippen molar-refractivity contribution in [3.8, 4) is 16.9 Å². The third-order valence-corrected chi connectivity index (χ3v) is 6.23. The highest BCUT2D eigenvalue weighted by Gasteiger charge is 2.53. The van der Waals surface area contributed by atoms with Gasteiger partial charge in [0, 0.05) is 61.1 Å². The van der Waals surface area contributed by atoms with E-state index in [0.29, 0.717) is 0 Å². The van der Waals surface area contributed by atoms with Gasteiger partial charge in [-0.15, -0.1) is 0 Å². The fourth-order valence-corrected chi connectivity index (χ4v) is 4.55. The summed E-state index contributed by atoms with van der Waals surface area (Å²) in [5.74, 6) is 0.993. The van der Waals surface area contributed by atoms with Crippen LogP contribution in [0.4, 0.5) is 5.69 Å². The van der Waals surface area contributed by atoms with Gasteiger partial charge >= 0.3 is 0 Å². The number of aromatic nitrogens is 2. The Morgan fingerprint density at radius 3 is 2.50 bits per heavy atom. The molecule has 2 aliphatic rings. The Bertz CT molecular complexity index is 1060. The Morgan fingerprint density at radius 2 is 1.83 bits per heavy atom. The molecule has 0 N–H and O–H groups in total. The van der Waals surface area contributed by atoms with Crippen LogP contribution in [0.15, 0.2) is 60.9 Å². The lowest BCUT2D eigenvalue weighted by atomic mass is 9.72. The number of amides is 1. The first-order valence-electron chi connectivity index (χ1n) is 10.4. The minimum Gasteiger partial charge on any atom is -0.497 e. The number of rotatable bonds is 5. The van der Waals surface area contributed by atoms with E-state index in [1.54, 1.807) is 7.11 Å². The molecule has 5 rings (SSSR count). The molecule has 2 saturated heterocycles. The summed E-state index contributed by atoms with van der Waals surface area (Å²) in [4.78, 5) is 17.3. The molecule has 154 valence electrons. The molecular weight excluding hydrogens is 376 g/mol. The van der Waals surface area contributed by atoms with Crippen molar-refractivity contribution in [1.82, 2.24) is 14.7 Å². The van der Waals surface area contributed by atoms with Gasteiger partial charge in [0.2, 0.25) is 0 Å². The molecule has 1 aromatic heterocycles. The molecular formula is C24H26N4O2. The molecule has 0 saturated carbocycles. The van der Waals surface area contributed by atoms with E-state index in [1.165, 1.54) is 5.69 Å². The summed E-state index contributed by atoms with van der Waals surface area (Å²) in [6, 6.07) is 16.1. The Labute approximate surface area is 176 Å². The van der Waals surface area contributed by atoms with Crippen molar-refractivity contribution < 1.29 is 9.53 Å². The summed E-state index contributed by atoms with van der Waals surface area (Å²) in [6.07, 6.45) is 3.87. The lowest BCUT2D eigenvalue weighted by Gasteiger charge is -2.61. The molecule has 2 aliphatic heterocycles. The lowest BCUT2D eigenvalue weighted by molar-refractivity contribution is -0.0104. The van der Waals surface area contributed by atoms with E-state index in [4.69, 9.17) is 4.74 Å². The molecule has 2 aromatic carbocycles. The van der Waals surface area contributed by atoms with Crippen LogP contribution in [0, 0.1) is 5.41 Å². The highest BCUT2D eigenvalue weighted by molar-refractivity contribution is 5.96. The van der Waals surface area contributed by atoms with Gasteiger partial charge in [-0.05, 0) is 48.9 Å². The molecule has 3 heterocycles. The molecule has 30 heavy (non-hydrogen) atoms. The second kappa shape index (κ2) is 7.20. The fraction of sp³-hybridized carbons (Fsp3) is 0.333. The Balaban J connectivity index is 1.21. The summed E-state index contributed by atoms with van der Waals surface area (Å²) in [5.41, 5.74) is 4.28. The number of benzene rings is 2. The topological polar surface area (TPSA) is 50.6 Å². The minimum absolute atomic E-state index is 0.119. The predicted octanol–water partition coefficient (Wildman–Crippen LogP) is 3.54. The van der Waals surface area contributed by atoms with Crippen molar-refractivity contribution >= 4 is 11.6 Å². The Hall–Kier alpha value is -3.28. The summed E-state index contributed by atoms with van der Waals surface area (Å²) in [5, 5.41) is 4.34. The standard InChI is InChI=1S/C24H26N4O2/c1-3-28-13-20(12-25-28)18-5-4-6-19(11-18)23(29)27-16-24(17-27)14-26(15-24)21-7-9-22(30-2)10-8-21/h4-13H,3,14-17H2,1-2H3. The molecule has 0 radical (unpaired) electrons. The van der Waals surface area contributed by atoms with Gasteiger partial charge in [0.1, 0.15) is 5.75 Å². The molecule has 6 heteroatoms. The number of methoxy groups -OCH3 is 1. The number of aryl methyl sites for hydroxylation is 1. The van der Waals surface area contributed by atoms with Gasteiger partial charge in [-0.2, -0.15) is 5.10 Å². The molecule has 0 unspecified atom stereocenters. The molecule has 6 nitrogen and oxygen atoms in total. The largest absolute Gasteiger partial charge is 0.497 e. The van der Waals surface area contributed by atoms with Crippen molar-refractivity contribution in [2.24, 2.45) is 5.41 Å². The van der Waals surface area contributed by atoms with E-state index < -0.39 is 0 Å². The van der Waals surface area contributed by atoms with Crippen LogP contribution in [0.1, 0.15) is 17.3 Å². The number of hydrogen-bond acceptors (Lipinski definition) is 4. The number of ether oxygens (including phenoxy) is 1. The Kier molecular flexibility index (Phi) is 4.50.